The van der Waals surface area contributed by atoms with Crippen molar-refractivity contribution in [1.82, 2.24) is 5.32 Å². The van der Waals surface area contributed by atoms with Crippen LogP contribution in [0, 0.1) is 81.3 Å². The first-order chi connectivity index (χ1) is 30.3. The van der Waals surface area contributed by atoms with Gasteiger partial charge in [-0.1, -0.05) is 69.4 Å². The molecular weight excluding hydrogens is 795 g/mol. The van der Waals surface area contributed by atoms with Crippen molar-refractivity contribution in [1.29, 1.82) is 0 Å². The third-order valence-electron chi connectivity index (χ3n) is 21.5. The number of ether oxygens (including phenoxy) is 1. The van der Waals surface area contributed by atoms with Gasteiger partial charge in [-0.25, -0.2) is 4.79 Å². The van der Waals surface area contributed by atoms with Crippen molar-refractivity contribution in [3.63, 3.8) is 0 Å². The smallest absolute Gasteiger partial charge is 0.331 e. The van der Waals surface area contributed by atoms with Gasteiger partial charge in [-0.15, -0.1) is 0 Å². The van der Waals surface area contributed by atoms with Gasteiger partial charge in [0.05, 0.1) is 29.8 Å². The molecule has 7 N–H and O–H groups in total. The molecule has 0 radical (unpaired) electrons. The number of carbonyl (C=O) groups is 2. The van der Waals surface area contributed by atoms with E-state index in [4.69, 9.17) is 4.74 Å². The number of aliphatic hydroxyl groups excluding tert-OH is 3. The molecule has 0 unspecified atom stereocenters. The molecule has 0 aromatic heterocycles. The van der Waals surface area contributed by atoms with Crippen LogP contribution in [-0.2, 0) is 27.4 Å². The van der Waals surface area contributed by atoms with Gasteiger partial charge in [0, 0.05) is 53.2 Å². The van der Waals surface area contributed by atoms with Crippen molar-refractivity contribution in [2.24, 2.45) is 69.5 Å². The molecule has 8 fully saturated rings. The quantitative estimate of drug-likeness (QED) is 0.117. The summed E-state index contributed by atoms with van der Waals surface area (Å²) in [5, 5.41) is 83.0. The summed E-state index contributed by atoms with van der Waals surface area (Å²) >= 11 is 0. The molecule has 342 valence electrons. The van der Waals surface area contributed by atoms with Crippen LogP contribution in [0.2, 0.25) is 0 Å². The fourth-order valence-corrected chi connectivity index (χ4v) is 18.9. The Hall–Kier alpha value is -2.62. The molecule has 8 saturated carbocycles. The Balaban J connectivity index is 1.10. The van der Waals surface area contributed by atoms with Gasteiger partial charge in [0.15, 0.2) is 0 Å². The van der Waals surface area contributed by atoms with Gasteiger partial charge in [0.2, 0.25) is 0 Å². The van der Waals surface area contributed by atoms with Crippen LogP contribution in [0.25, 0.3) is 0 Å². The first kappa shape index (κ1) is 43.0. The van der Waals surface area contributed by atoms with Crippen molar-refractivity contribution in [2.45, 2.75) is 177 Å². The predicted molar refractivity (Wildman–Crippen MR) is 234 cm³/mol. The van der Waals surface area contributed by atoms with Crippen LogP contribution in [-0.4, -0.2) is 91.1 Å². The number of aldehydes is 1. The van der Waals surface area contributed by atoms with Crippen molar-refractivity contribution in [3.8, 4) is 11.8 Å². The number of hydrogen-bond acceptors (Lipinski definition) is 10. The Morgan fingerprint density at radius 1 is 0.921 bits per heavy atom. The summed E-state index contributed by atoms with van der Waals surface area (Å²) in [7, 11) is 1.91. The monoisotopic (exact) mass is 866 g/mol. The van der Waals surface area contributed by atoms with Crippen LogP contribution in [0.1, 0.15) is 139 Å². The number of aliphatic hydroxyl groups is 6. The lowest BCUT2D eigenvalue weighted by atomic mass is 9.33. The third-order valence-corrected chi connectivity index (χ3v) is 21.5. The van der Waals surface area contributed by atoms with E-state index in [1.807, 2.05) is 25.2 Å². The van der Waals surface area contributed by atoms with Crippen molar-refractivity contribution < 1.29 is 45.0 Å². The van der Waals surface area contributed by atoms with Crippen LogP contribution in [0.4, 0.5) is 0 Å². The Kier molecular flexibility index (Phi) is 10.2. The van der Waals surface area contributed by atoms with E-state index in [9.17, 15) is 40.2 Å². The second-order valence-corrected chi connectivity index (χ2v) is 23.1. The summed E-state index contributed by atoms with van der Waals surface area (Å²) in [4.78, 5) is 28.2. The maximum absolute atomic E-state index is 14.7. The first-order valence-corrected chi connectivity index (χ1v) is 25.1. The van der Waals surface area contributed by atoms with Gasteiger partial charge in [0.25, 0.3) is 0 Å². The van der Waals surface area contributed by atoms with E-state index in [0.29, 0.717) is 63.2 Å². The predicted octanol–water partition coefficient (Wildman–Crippen LogP) is 5.30. The van der Waals surface area contributed by atoms with E-state index < -0.39 is 75.1 Å². The summed E-state index contributed by atoms with van der Waals surface area (Å²) in [6, 6.07) is 5.65. The number of benzene rings is 1. The molecule has 10 heteroatoms. The van der Waals surface area contributed by atoms with E-state index in [2.05, 4.69) is 24.1 Å². The number of nitrogens with one attached hydrogen (secondary N) is 1. The second kappa shape index (κ2) is 14.9. The lowest BCUT2D eigenvalue weighted by Gasteiger charge is -2.74. The first-order valence-electron chi connectivity index (χ1n) is 25.1. The van der Waals surface area contributed by atoms with Crippen molar-refractivity contribution in [2.75, 3.05) is 7.05 Å². The summed E-state index contributed by atoms with van der Waals surface area (Å²) in [5.41, 5.74) is -5.59. The molecule has 11 aliphatic rings. The number of esters is 1. The highest BCUT2D eigenvalue weighted by Gasteiger charge is 2.86. The van der Waals surface area contributed by atoms with Gasteiger partial charge in [0.1, 0.15) is 23.6 Å². The maximum Gasteiger partial charge on any atom is 0.331 e. The minimum Gasteiger partial charge on any atom is -0.454 e. The Bertz CT molecular complexity index is 2120. The van der Waals surface area contributed by atoms with Crippen molar-refractivity contribution in [3.05, 3.63) is 46.5 Å². The van der Waals surface area contributed by atoms with Gasteiger partial charge >= 0.3 is 5.97 Å². The summed E-state index contributed by atoms with van der Waals surface area (Å²) in [6.45, 7) is 2.19. The molecule has 12 rings (SSSR count). The highest BCUT2D eigenvalue weighted by Crippen LogP contribution is 2.79. The van der Waals surface area contributed by atoms with E-state index >= 15 is 0 Å². The van der Waals surface area contributed by atoms with Crippen molar-refractivity contribution >= 4 is 12.3 Å². The third kappa shape index (κ3) is 5.45. The lowest BCUT2D eigenvalue weighted by Crippen LogP contribution is -2.86. The maximum atomic E-state index is 14.7. The molecule has 10 aliphatic carbocycles. The molecular formula is C53H71NO9. The van der Waals surface area contributed by atoms with Crippen LogP contribution in [0.15, 0.2) is 29.8 Å². The van der Waals surface area contributed by atoms with E-state index in [1.54, 1.807) is 6.08 Å². The Morgan fingerprint density at radius 2 is 1.70 bits per heavy atom. The molecule has 0 saturated heterocycles. The normalized spacial score (nSPS) is 48.7. The zero-order chi connectivity index (χ0) is 43.9. The standard InChI is InChI=1S/C53H71NO9/c1-30(31-10-3-4-11-31)33-15-16-39-46(58)48(18-7-8-19-48)28-50(29-56)42-17-21-49-20-6-5-12-32-13-9-14-34(27-55)36(32)24-41(54-2)37-22-35(44(49)38-25-43(57)63-45(37)38)26-51(49,60)53(42,62)47(59)40(23-33)52(39,50)61/h9,13-14,25,29-31,33,35,37,39-42,44-47,54-55,58-62H,3-4,6-8,10-11,15-24,26-28H2,1-2H3/t30-,33-,35-,37-,39+,40-,41-,42+,44+,45-,46+,47-,49+,50-,51+,52+,53+/m0/s1. The minimum atomic E-state index is -2.19. The number of likely N-dealkylation sites (N-methyl/N-ethyl adjacent to an activating group) is 1. The molecule has 63 heavy (non-hydrogen) atoms. The zero-order valence-corrected chi connectivity index (χ0v) is 37.4. The largest absolute Gasteiger partial charge is 0.454 e. The fraction of sp³-hybridized carbons (Fsp3) is 0.774. The Labute approximate surface area is 373 Å². The zero-order valence-electron chi connectivity index (χ0n) is 37.4. The molecule has 1 heterocycles. The summed E-state index contributed by atoms with van der Waals surface area (Å²) < 4.78 is 6.27. The van der Waals surface area contributed by atoms with Crippen LogP contribution in [0.3, 0.4) is 0 Å². The van der Waals surface area contributed by atoms with Crippen LogP contribution >= 0.6 is 0 Å². The average Bonchev–Trinajstić information content (AvgIpc) is 4.09. The number of rotatable bonds is 5. The number of carbonyl (C=O) groups excluding carboxylic acids is 2. The van der Waals surface area contributed by atoms with Gasteiger partial charge in [-0.05, 0) is 142 Å². The lowest BCUT2D eigenvalue weighted by molar-refractivity contribution is -0.383. The van der Waals surface area contributed by atoms with E-state index in [1.165, 1.54) is 12.8 Å². The minimum absolute atomic E-state index is 0.106. The highest BCUT2D eigenvalue weighted by molar-refractivity contribution is 5.86. The molecule has 0 amide bonds. The second-order valence-electron chi connectivity index (χ2n) is 23.1. The molecule has 1 aromatic carbocycles. The molecule has 1 aliphatic heterocycles. The van der Waals surface area contributed by atoms with Gasteiger partial charge < -0.3 is 45.5 Å². The molecule has 10 nitrogen and oxygen atoms in total. The number of fused-ring (bicyclic) bond motifs is 6. The average molecular weight is 866 g/mol. The topological polar surface area (TPSA) is 177 Å². The molecule has 1 aromatic rings. The fourth-order valence-electron chi connectivity index (χ4n) is 18.9. The summed E-state index contributed by atoms with van der Waals surface area (Å²) in [5.74, 6) is 4.14. The van der Waals surface area contributed by atoms with Crippen LogP contribution < -0.4 is 5.32 Å². The SMILES string of the molecule is CN[C@H]1Cc2c(cccc2CO)C#CCC[C@]23CC[C@H]4[C@@](O)([C@@H](O)[C@@H]5C[C@@H]([C@@H](C)C6CCCC6)CC[C@@H]6[C@@H](O)C7(CCCC7)C[C@@]4(C=O)[C@@]65O)[C@@]2(O)C[C@@H]2C[C@@H]1[C@@H]1OC(=O)C=C1[C@@H]23. The van der Waals surface area contributed by atoms with Gasteiger partial charge in [-0.2, -0.15) is 0 Å². The van der Waals surface area contributed by atoms with E-state index in [0.717, 1.165) is 73.5 Å². The van der Waals surface area contributed by atoms with E-state index in [-0.39, 0.29) is 49.2 Å². The molecule has 2 spiro atoms. The Morgan fingerprint density at radius 3 is 2.43 bits per heavy atom. The summed E-state index contributed by atoms with van der Waals surface area (Å²) in [6.07, 6.45) is 12.4. The van der Waals surface area contributed by atoms with Crippen LogP contribution in [0.5, 0.6) is 0 Å². The molecule has 17 atom stereocenters. The van der Waals surface area contributed by atoms with Gasteiger partial charge in [-0.3, -0.25) is 0 Å². The highest BCUT2D eigenvalue weighted by atomic mass is 16.5. The number of hydrogen-bond donors (Lipinski definition) is 7. The molecule has 4 bridgehead atoms.